The highest BCUT2D eigenvalue weighted by atomic mass is 16.5. The maximum Gasteiger partial charge on any atom is 0.204 e. The van der Waals surface area contributed by atoms with Crippen molar-refractivity contribution in [3.8, 4) is 29.1 Å². The summed E-state index contributed by atoms with van der Waals surface area (Å²) in [5.74, 6) is 7.33. The third kappa shape index (κ3) is 3.30. The Morgan fingerprint density at radius 1 is 1.18 bits per heavy atom. The molecule has 1 aromatic rings. The van der Waals surface area contributed by atoms with Crippen molar-refractivity contribution in [3.05, 3.63) is 17.7 Å². The highest BCUT2D eigenvalue weighted by molar-refractivity contribution is 5.54. The Hall–Kier alpha value is -1.86. The molecule has 0 aliphatic carbocycles. The van der Waals surface area contributed by atoms with Crippen LogP contribution in [0.4, 0.5) is 0 Å². The second-order valence-corrected chi connectivity index (χ2v) is 3.25. The number of hydrogen-bond donors (Lipinski definition) is 1. The molecule has 4 nitrogen and oxygen atoms in total. The number of nitrogens with two attached hydrogens (primary N) is 1. The maximum atomic E-state index is 5.59. The van der Waals surface area contributed by atoms with Crippen molar-refractivity contribution >= 4 is 0 Å². The van der Waals surface area contributed by atoms with Crippen molar-refractivity contribution in [2.75, 3.05) is 20.8 Å². The van der Waals surface area contributed by atoms with Crippen molar-refractivity contribution in [2.24, 2.45) is 5.73 Å². The van der Waals surface area contributed by atoms with Crippen molar-refractivity contribution < 1.29 is 14.2 Å². The van der Waals surface area contributed by atoms with Crippen LogP contribution in [0.15, 0.2) is 12.1 Å². The fourth-order valence-corrected chi connectivity index (χ4v) is 1.37. The molecule has 0 heterocycles. The molecule has 4 heteroatoms. The van der Waals surface area contributed by atoms with Gasteiger partial charge in [0.2, 0.25) is 5.75 Å². The minimum absolute atomic E-state index is 0.297. The molecule has 0 atom stereocenters. The molecular formula is C13H17NO3. The lowest BCUT2D eigenvalue weighted by atomic mass is 10.2. The molecule has 1 aromatic carbocycles. The molecule has 0 aliphatic heterocycles. The SMILES string of the molecule is CC#CCOc1c(OC)cc(CN)cc1OC. The van der Waals surface area contributed by atoms with Crippen LogP contribution in [-0.4, -0.2) is 20.8 Å². The van der Waals surface area contributed by atoms with Crippen LogP contribution in [0.2, 0.25) is 0 Å². The average Bonchev–Trinajstić information content (AvgIpc) is 2.38. The zero-order valence-corrected chi connectivity index (χ0v) is 10.4. The lowest BCUT2D eigenvalue weighted by Crippen LogP contribution is -2.03. The van der Waals surface area contributed by atoms with Crippen LogP contribution >= 0.6 is 0 Å². The summed E-state index contributed by atoms with van der Waals surface area (Å²) in [6.45, 7) is 2.47. The minimum Gasteiger partial charge on any atom is -0.493 e. The van der Waals surface area contributed by atoms with Gasteiger partial charge in [0.15, 0.2) is 11.5 Å². The van der Waals surface area contributed by atoms with E-state index >= 15 is 0 Å². The predicted molar refractivity (Wildman–Crippen MR) is 66.4 cm³/mol. The van der Waals surface area contributed by atoms with E-state index in [1.807, 2.05) is 12.1 Å². The minimum atomic E-state index is 0.297. The summed E-state index contributed by atoms with van der Waals surface area (Å²) < 4.78 is 16.0. The summed E-state index contributed by atoms with van der Waals surface area (Å²) >= 11 is 0. The van der Waals surface area contributed by atoms with Gasteiger partial charge in [0, 0.05) is 6.54 Å². The Balaban J connectivity index is 3.08. The van der Waals surface area contributed by atoms with E-state index in [1.165, 1.54) is 0 Å². The van der Waals surface area contributed by atoms with Gasteiger partial charge in [-0.15, -0.1) is 5.92 Å². The Bertz CT molecular complexity index is 407. The molecule has 92 valence electrons. The van der Waals surface area contributed by atoms with Gasteiger partial charge in [0.05, 0.1) is 14.2 Å². The van der Waals surface area contributed by atoms with Gasteiger partial charge >= 0.3 is 0 Å². The van der Waals surface area contributed by atoms with E-state index < -0.39 is 0 Å². The number of benzene rings is 1. The van der Waals surface area contributed by atoms with E-state index in [-0.39, 0.29) is 0 Å². The summed E-state index contributed by atoms with van der Waals surface area (Å²) in [5, 5.41) is 0. The second-order valence-electron chi connectivity index (χ2n) is 3.25. The summed E-state index contributed by atoms with van der Waals surface area (Å²) in [6, 6.07) is 3.66. The monoisotopic (exact) mass is 235 g/mol. The lowest BCUT2D eigenvalue weighted by molar-refractivity contribution is 0.304. The van der Waals surface area contributed by atoms with Crippen molar-refractivity contribution in [1.82, 2.24) is 0 Å². The topological polar surface area (TPSA) is 53.7 Å². The Kier molecular flexibility index (Phi) is 5.18. The molecular weight excluding hydrogens is 218 g/mol. The first kappa shape index (κ1) is 13.2. The van der Waals surface area contributed by atoms with Crippen molar-refractivity contribution in [3.63, 3.8) is 0 Å². The normalized spacial score (nSPS) is 9.18. The van der Waals surface area contributed by atoms with E-state index in [0.717, 1.165) is 5.56 Å². The molecule has 2 N–H and O–H groups in total. The van der Waals surface area contributed by atoms with Gasteiger partial charge < -0.3 is 19.9 Å². The van der Waals surface area contributed by atoms with Gasteiger partial charge in [-0.1, -0.05) is 5.92 Å². The third-order valence-corrected chi connectivity index (χ3v) is 2.22. The van der Waals surface area contributed by atoms with Crippen LogP contribution in [0, 0.1) is 11.8 Å². The summed E-state index contributed by atoms with van der Waals surface area (Å²) in [4.78, 5) is 0. The van der Waals surface area contributed by atoms with Gasteiger partial charge in [-0.2, -0.15) is 0 Å². The molecule has 0 saturated carbocycles. The Morgan fingerprint density at radius 3 is 2.18 bits per heavy atom. The number of hydrogen-bond acceptors (Lipinski definition) is 4. The highest BCUT2D eigenvalue weighted by Crippen LogP contribution is 2.38. The van der Waals surface area contributed by atoms with Crippen molar-refractivity contribution in [2.45, 2.75) is 13.5 Å². The number of rotatable bonds is 5. The molecule has 0 unspecified atom stereocenters. The summed E-state index contributed by atoms with van der Waals surface area (Å²) in [5.41, 5.74) is 6.52. The molecule has 0 aromatic heterocycles. The van der Waals surface area contributed by atoms with Gasteiger partial charge in [-0.25, -0.2) is 0 Å². The van der Waals surface area contributed by atoms with E-state index in [4.69, 9.17) is 19.9 Å². The first-order chi connectivity index (χ1) is 8.26. The molecule has 0 aliphatic rings. The molecule has 0 amide bonds. The smallest absolute Gasteiger partial charge is 0.204 e. The Labute approximate surface area is 102 Å². The molecule has 0 spiro atoms. The molecule has 1 rings (SSSR count). The zero-order chi connectivity index (χ0) is 12.7. The zero-order valence-electron chi connectivity index (χ0n) is 10.4. The fraction of sp³-hybridized carbons (Fsp3) is 0.385. The van der Waals surface area contributed by atoms with Crippen LogP contribution in [0.25, 0.3) is 0 Å². The average molecular weight is 235 g/mol. The van der Waals surface area contributed by atoms with Gasteiger partial charge in [0.1, 0.15) is 6.61 Å². The first-order valence-electron chi connectivity index (χ1n) is 5.24. The lowest BCUT2D eigenvalue weighted by Gasteiger charge is -2.14. The summed E-state index contributed by atoms with van der Waals surface area (Å²) in [7, 11) is 3.15. The van der Waals surface area contributed by atoms with Crippen LogP contribution in [-0.2, 0) is 6.54 Å². The molecule has 0 fully saturated rings. The largest absolute Gasteiger partial charge is 0.493 e. The van der Waals surface area contributed by atoms with Crippen LogP contribution in [0.5, 0.6) is 17.2 Å². The predicted octanol–water partition coefficient (Wildman–Crippen LogP) is 1.56. The quantitative estimate of drug-likeness (QED) is 0.787. The van der Waals surface area contributed by atoms with E-state index in [9.17, 15) is 0 Å². The van der Waals surface area contributed by atoms with E-state index in [0.29, 0.717) is 30.4 Å². The van der Waals surface area contributed by atoms with Crippen LogP contribution < -0.4 is 19.9 Å². The molecule has 0 radical (unpaired) electrons. The standard InChI is InChI=1S/C13H17NO3/c1-4-5-6-17-13-11(15-2)7-10(9-14)8-12(13)16-3/h7-8H,6,9,14H2,1-3H3. The highest BCUT2D eigenvalue weighted by Gasteiger charge is 2.13. The molecule has 17 heavy (non-hydrogen) atoms. The van der Waals surface area contributed by atoms with E-state index in [2.05, 4.69) is 11.8 Å². The van der Waals surface area contributed by atoms with Gasteiger partial charge in [-0.05, 0) is 24.6 Å². The Morgan fingerprint density at radius 2 is 1.76 bits per heavy atom. The number of methoxy groups -OCH3 is 2. The summed E-state index contributed by atoms with van der Waals surface area (Å²) in [6.07, 6.45) is 0. The number of ether oxygens (including phenoxy) is 3. The van der Waals surface area contributed by atoms with E-state index in [1.54, 1.807) is 21.1 Å². The maximum absolute atomic E-state index is 5.59. The fourth-order valence-electron chi connectivity index (χ4n) is 1.37. The second kappa shape index (κ2) is 6.66. The first-order valence-corrected chi connectivity index (χ1v) is 5.24. The van der Waals surface area contributed by atoms with Gasteiger partial charge in [-0.3, -0.25) is 0 Å². The van der Waals surface area contributed by atoms with Crippen LogP contribution in [0.1, 0.15) is 12.5 Å². The third-order valence-electron chi connectivity index (χ3n) is 2.22. The molecule has 0 saturated heterocycles. The van der Waals surface area contributed by atoms with Crippen LogP contribution in [0.3, 0.4) is 0 Å². The van der Waals surface area contributed by atoms with Gasteiger partial charge in [0.25, 0.3) is 0 Å². The van der Waals surface area contributed by atoms with Crippen molar-refractivity contribution in [1.29, 1.82) is 0 Å². The molecule has 0 bridgehead atoms.